The second kappa shape index (κ2) is 6.53. The van der Waals surface area contributed by atoms with E-state index in [4.69, 9.17) is 11.6 Å². The zero-order valence-corrected chi connectivity index (χ0v) is 11.5. The first-order chi connectivity index (χ1) is 8.65. The van der Waals surface area contributed by atoms with Crippen LogP contribution in [0, 0.1) is 0 Å². The van der Waals surface area contributed by atoms with Gasteiger partial charge in [-0.15, -0.1) is 0 Å². The van der Waals surface area contributed by atoms with Crippen LogP contribution in [-0.2, 0) is 0 Å². The Balaban J connectivity index is 1.77. The third-order valence-electron chi connectivity index (χ3n) is 3.57. The lowest BCUT2D eigenvalue weighted by Crippen LogP contribution is -2.42. The first kappa shape index (κ1) is 13.8. The monoisotopic (exact) mass is 268 g/mol. The number of benzene rings is 1. The van der Waals surface area contributed by atoms with Crippen molar-refractivity contribution in [2.24, 2.45) is 0 Å². The lowest BCUT2D eigenvalue weighted by Gasteiger charge is -2.30. The van der Waals surface area contributed by atoms with Gasteiger partial charge in [-0.25, -0.2) is 0 Å². The lowest BCUT2D eigenvalue weighted by atomic mass is 10.0. The van der Waals surface area contributed by atoms with E-state index in [1.54, 1.807) is 0 Å². The van der Waals surface area contributed by atoms with Gasteiger partial charge in [-0.3, -0.25) is 0 Å². The number of halogens is 1. The van der Waals surface area contributed by atoms with Crippen LogP contribution in [0.4, 0.5) is 0 Å². The van der Waals surface area contributed by atoms with E-state index in [1.807, 2.05) is 24.3 Å². The second-order valence-electron chi connectivity index (χ2n) is 5.05. The molecule has 3 nitrogen and oxygen atoms in total. The molecule has 1 aromatic rings. The van der Waals surface area contributed by atoms with Crippen molar-refractivity contribution < 1.29 is 5.11 Å². The normalized spacial score (nSPS) is 19.9. The molecule has 2 N–H and O–H groups in total. The molecular weight excluding hydrogens is 248 g/mol. The van der Waals surface area contributed by atoms with Crippen molar-refractivity contribution in [2.45, 2.75) is 25.0 Å². The summed E-state index contributed by atoms with van der Waals surface area (Å²) in [5.74, 6) is 0. The highest BCUT2D eigenvalue weighted by Crippen LogP contribution is 2.16. The molecule has 1 unspecified atom stereocenters. The summed E-state index contributed by atoms with van der Waals surface area (Å²) < 4.78 is 0. The molecule has 1 aliphatic rings. The van der Waals surface area contributed by atoms with E-state index in [-0.39, 0.29) is 0 Å². The number of hydrogen-bond acceptors (Lipinski definition) is 3. The molecule has 0 bridgehead atoms. The first-order valence-electron chi connectivity index (χ1n) is 6.50. The lowest BCUT2D eigenvalue weighted by molar-refractivity contribution is 0.158. The Morgan fingerprint density at radius 2 is 1.94 bits per heavy atom. The van der Waals surface area contributed by atoms with Crippen LogP contribution in [0.2, 0.25) is 5.02 Å². The third kappa shape index (κ3) is 3.95. The SMILES string of the molecule is CN1CCC(NCC(O)c2ccc(Cl)cc2)CC1. The largest absolute Gasteiger partial charge is 0.387 e. The molecule has 0 aliphatic carbocycles. The van der Waals surface area contributed by atoms with E-state index in [0.717, 1.165) is 31.5 Å². The molecule has 0 spiro atoms. The molecule has 100 valence electrons. The Labute approximate surface area is 114 Å². The highest BCUT2D eigenvalue weighted by Gasteiger charge is 2.17. The fraction of sp³-hybridized carbons (Fsp3) is 0.571. The molecule has 4 heteroatoms. The Morgan fingerprint density at radius 1 is 1.33 bits per heavy atom. The Kier molecular flexibility index (Phi) is 5.01. The van der Waals surface area contributed by atoms with Crippen LogP contribution in [0.15, 0.2) is 24.3 Å². The van der Waals surface area contributed by atoms with Crippen molar-refractivity contribution >= 4 is 11.6 Å². The van der Waals surface area contributed by atoms with Crippen LogP contribution >= 0.6 is 11.6 Å². The minimum atomic E-state index is -0.457. The summed E-state index contributed by atoms with van der Waals surface area (Å²) in [5.41, 5.74) is 0.917. The van der Waals surface area contributed by atoms with E-state index in [9.17, 15) is 5.11 Å². The van der Waals surface area contributed by atoms with Crippen molar-refractivity contribution in [1.82, 2.24) is 10.2 Å². The van der Waals surface area contributed by atoms with Crippen molar-refractivity contribution in [3.8, 4) is 0 Å². The molecule has 1 fully saturated rings. The van der Waals surface area contributed by atoms with Crippen LogP contribution in [0.25, 0.3) is 0 Å². The van der Waals surface area contributed by atoms with Gasteiger partial charge >= 0.3 is 0 Å². The topological polar surface area (TPSA) is 35.5 Å². The number of nitrogens with one attached hydrogen (secondary N) is 1. The van der Waals surface area contributed by atoms with Gasteiger partial charge in [0.2, 0.25) is 0 Å². The van der Waals surface area contributed by atoms with Crippen molar-refractivity contribution in [3.05, 3.63) is 34.9 Å². The van der Waals surface area contributed by atoms with Gasteiger partial charge in [0, 0.05) is 17.6 Å². The summed E-state index contributed by atoms with van der Waals surface area (Å²) in [7, 11) is 2.15. The molecule has 1 atom stereocenters. The molecule has 0 aromatic heterocycles. The number of piperidine rings is 1. The number of likely N-dealkylation sites (tertiary alicyclic amines) is 1. The fourth-order valence-corrected chi connectivity index (χ4v) is 2.42. The summed E-state index contributed by atoms with van der Waals surface area (Å²) in [6.07, 6.45) is 1.86. The number of nitrogens with zero attached hydrogens (tertiary/aromatic N) is 1. The molecule has 18 heavy (non-hydrogen) atoms. The molecule has 2 rings (SSSR count). The van der Waals surface area contributed by atoms with Crippen molar-refractivity contribution in [2.75, 3.05) is 26.7 Å². The van der Waals surface area contributed by atoms with E-state index < -0.39 is 6.10 Å². The molecule has 1 aliphatic heterocycles. The summed E-state index contributed by atoms with van der Waals surface area (Å²) in [6.45, 7) is 2.87. The summed E-state index contributed by atoms with van der Waals surface area (Å²) in [5, 5.41) is 14.2. The maximum atomic E-state index is 10.1. The Bertz CT molecular complexity index is 361. The number of aliphatic hydroxyl groups excluding tert-OH is 1. The zero-order chi connectivity index (χ0) is 13.0. The maximum absolute atomic E-state index is 10.1. The third-order valence-corrected chi connectivity index (χ3v) is 3.83. The van der Waals surface area contributed by atoms with Crippen LogP contribution in [0.5, 0.6) is 0 Å². The highest BCUT2D eigenvalue weighted by molar-refractivity contribution is 6.30. The predicted molar refractivity (Wildman–Crippen MR) is 74.9 cm³/mol. The summed E-state index contributed by atoms with van der Waals surface area (Å²) >= 11 is 5.83. The highest BCUT2D eigenvalue weighted by atomic mass is 35.5. The van der Waals surface area contributed by atoms with Crippen molar-refractivity contribution in [1.29, 1.82) is 0 Å². The summed E-state index contributed by atoms with van der Waals surface area (Å²) in [4.78, 5) is 2.34. The van der Waals surface area contributed by atoms with Gasteiger partial charge in [-0.2, -0.15) is 0 Å². The second-order valence-corrected chi connectivity index (χ2v) is 5.49. The fourth-order valence-electron chi connectivity index (χ4n) is 2.29. The quantitative estimate of drug-likeness (QED) is 0.878. The molecule has 0 radical (unpaired) electrons. The molecular formula is C14H21ClN2O. The van der Waals surface area contributed by atoms with Gasteiger partial charge < -0.3 is 15.3 Å². The van der Waals surface area contributed by atoms with Gasteiger partial charge in [-0.1, -0.05) is 23.7 Å². The zero-order valence-electron chi connectivity index (χ0n) is 10.8. The average molecular weight is 269 g/mol. The predicted octanol–water partition coefficient (Wildman–Crippen LogP) is 2.06. The van der Waals surface area contributed by atoms with Gasteiger partial charge in [0.15, 0.2) is 0 Å². The molecule has 1 heterocycles. The van der Waals surface area contributed by atoms with Gasteiger partial charge in [0.1, 0.15) is 0 Å². The minimum absolute atomic E-state index is 0.457. The Hall–Kier alpha value is -0.610. The standard InChI is InChI=1S/C14H21ClN2O/c1-17-8-6-13(7-9-17)16-10-14(18)11-2-4-12(15)5-3-11/h2-5,13-14,16,18H,6-10H2,1H3. The first-order valence-corrected chi connectivity index (χ1v) is 6.88. The van der Waals surface area contributed by atoms with E-state index in [0.29, 0.717) is 17.6 Å². The number of aliphatic hydroxyl groups is 1. The van der Waals surface area contributed by atoms with Crippen molar-refractivity contribution in [3.63, 3.8) is 0 Å². The molecule has 1 aromatic carbocycles. The van der Waals surface area contributed by atoms with Crippen LogP contribution in [-0.4, -0.2) is 42.7 Å². The molecule has 0 amide bonds. The maximum Gasteiger partial charge on any atom is 0.0914 e. The smallest absolute Gasteiger partial charge is 0.0914 e. The Morgan fingerprint density at radius 3 is 2.56 bits per heavy atom. The molecule has 0 saturated carbocycles. The van der Waals surface area contributed by atoms with E-state index in [1.165, 1.54) is 0 Å². The van der Waals surface area contributed by atoms with Crippen LogP contribution in [0.3, 0.4) is 0 Å². The van der Waals surface area contributed by atoms with Crippen LogP contribution in [0.1, 0.15) is 24.5 Å². The van der Waals surface area contributed by atoms with Crippen LogP contribution < -0.4 is 5.32 Å². The van der Waals surface area contributed by atoms with E-state index in [2.05, 4.69) is 17.3 Å². The van der Waals surface area contributed by atoms with Gasteiger partial charge in [-0.05, 0) is 50.7 Å². The van der Waals surface area contributed by atoms with Gasteiger partial charge in [0.25, 0.3) is 0 Å². The van der Waals surface area contributed by atoms with E-state index >= 15 is 0 Å². The van der Waals surface area contributed by atoms with Gasteiger partial charge in [0.05, 0.1) is 6.10 Å². The summed E-state index contributed by atoms with van der Waals surface area (Å²) in [6, 6.07) is 7.92. The number of hydrogen-bond donors (Lipinski definition) is 2. The molecule has 1 saturated heterocycles. The number of rotatable bonds is 4. The average Bonchev–Trinajstić information content (AvgIpc) is 2.38. The minimum Gasteiger partial charge on any atom is -0.387 e.